The number of unbranched alkanes of at least 4 members (excludes halogenated alkanes) is 33. The van der Waals surface area contributed by atoms with Crippen LogP contribution in [-0.2, 0) is 14.3 Å². The molecule has 1 aliphatic rings. The van der Waals surface area contributed by atoms with Crippen LogP contribution >= 0.6 is 0 Å². The summed E-state index contributed by atoms with van der Waals surface area (Å²) in [7, 11) is 0. The van der Waals surface area contributed by atoms with E-state index in [1.807, 2.05) is 0 Å². The average Bonchev–Trinajstić information content (AvgIpc) is 3.25. The number of carboxylic acids is 1. The Morgan fingerprint density at radius 3 is 1.18 bits per heavy atom. The van der Waals surface area contributed by atoms with E-state index in [-0.39, 0.29) is 18.7 Å². The van der Waals surface area contributed by atoms with Crippen LogP contribution in [0.1, 0.15) is 264 Å². The van der Waals surface area contributed by atoms with E-state index >= 15 is 0 Å². The minimum atomic E-state index is -1.79. The number of aliphatic hydroxyl groups excluding tert-OH is 5. The Bertz CT molecular complexity index is 1000. The van der Waals surface area contributed by atoms with Crippen molar-refractivity contribution in [3.8, 4) is 0 Å². The third-order valence-corrected chi connectivity index (χ3v) is 13.2. The van der Waals surface area contributed by atoms with Crippen molar-refractivity contribution in [3.05, 3.63) is 0 Å². The summed E-state index contributed by atoms with van der Waals surface area (Å²) < 4.78 is 5.45. The second kappa shape index (κ2) is 40.2. The number of rotatable bonds is 44. The molecule has 6 unspecified atom stereocenters. The van der Waals surface area contributed by atoms with Crippen LogP contribution in [0.3, 0.4) is 0 Å². The molecule has 1 fully saturated rings. The Morgan fingerprint density at radius 1 is 0.475 bits per heavy atom. The third kappa shape index (κ3) is 30.5. The monoisotopic (exact) mass is 870 g/mol. The summed E-state index contributed by atoms with van der Waals surface area (Å²) in [5.41, 5.74) is 0. The molecule has 1 heterocycles. The van der Waals surface area contributed by atoms with Crippen molar-refractivity contribution >= 4 is 11.9 Å². The predicted molar refractivity (Wildman–Crippen MR) is 250 cm³/mol. The minimum absolute atomic E-state index is 0.00149. The largest absolute Gasteiger partial charge is 0.479 e. The lowest BCUT2D eigenvalue weighted by molar-refractivity contribution is -0.229. The van der Waals surface area contributed by atoms with Gasteiger partial charge >= 0.3 is 5.97 Å². The number of carbonyl (C=O) groups is 2. The number of ether oxygens (including phenoxy) is 1. The number of hydrogen-bond donors (Lipinski definition) is 7. The fourth-order valence-electron chi connectivity index (χ4n) is 9.05. The summed E-state index contributed by atoms with van der Waals surface area (Å²) in [5.74, 6) is -1.68. The Balaban J connectivity index is 2.30. The van der Waals surface area contributed by atoms with Crippen LogP contribution in [0.2, 0.25) is 0 Å². The van der Waals surface area contributed by atoms with Crippen LogP contribution in [0.5, 0.6) is 0 Å². The van der Waals surface area contributed by atoms with Crippen molar-refractivity contribution in [1.29, 1.82) is 0 Å². The van der Waals surface area contributed by atoms with E-state index in [1.165, 1.54) is 173 Å². The van der Waals surface area contributed by atoms with E-state index in [2.05, 4.69) is 19.2 Å². The highest BCUT2D eigenvalue weighted by atomic mass is 16.6. The highest BCUT2D eigenvalue weighted by molar-refractivity contribution is 5.76. The molecule has 0 bridgehead atoms. The van der Waals surface area contributed by atoms with Gasteiger partial charge < -0.3 is 40.7 Å². The maximum atomic E-state index is 13.1. The van der Waals surface area contributed by atoms with Gasteiger partial charge in [-0.1, -0.05) is 232 Å². The number of aliphatic carboxylic acids is 1. The van der Waals surface area contributed by atoms with E-state index in [0.717, 1.165) is 51.4 Å². The highest BCUT2D eigenvalue weighted by Gasteiger charge is 2.47. The molecule has 7 N–H and O–H groups in total. The van der Waals surface area contributed by atoms with Crippen LogP contribution in [0.25, 0.3) is 0 Å². The fourth-order valence-corrected chi connectivity index (χ4v) is 9.05. The van der Waals surface area contributed by atoms with Crippen molar-refractivity contribution in [2.24, 2.45) is 0 Å². The van der Waals surface area contributed by atoms with Gasteiger partial charge in [0.1, 0.15) is 18.3 Å². The molecule has 0 aliphatic carbocycles. The molecule has 0 aromatic carbocycles. The van der Waals surface area contributed by atoms with Gasteiger partial charge in [0.15, 0.2) is 6.10 Å². The Labute approximate surface area is 374 Å². The van der Waals surface area contributed by atoms with Crippen molar-refractivity contribution in [2.75, 3.05) is 0 Å². The van der Waals surface area contributed by atoms with E-state index in [1.54, 1.807) is 0 Å². The van der Waals surface area contributed by atoms with Crippen LogP contribution in [0, 0.1) is 0 Å². The van der Waals surface area contributed by atoms with Gasteiger partial charge in [0.2, 0.25) is 5.91 Å². The molecule has 1 aliphatic heterocycles. The zero-order valence-electron chi connectivity index (χ0n) is 39.6. The Kier molecular flexibility index (Phi) is 38.1. The predicted octanol–water partition coefficient (Wildman–Crippen LogP) is 11.4. The van der Waals surface area contributed by atoms with Gasteiger partial charge in [-0.15, -0.1) is 0 Å². The lowest BCUT2D eigenvalue weighted by Crippen LogP contribution is -2.60. The second-order valence-corrected chi connectivity index (χ2v) is 18.9. The first kappa shape index (κ1) is 57.7. The van der Waals surface area contributed by atoms with Gasteiger partial charge in [0.25, 0.3) is 0 Å². The van der Waals surface area contributed by atoms with Crippen LogP contribution in [0.4, 0.5) is 0 Å². The summed E-state index contributed by atoms with van der Waals surface area (Å²) in [6.07, 6.45) is 34.9. The standard InChI is InChI=1S/C51H99NO9/c1-3-5-7-9-11-13-15-17-18-19-20-21-22-23-24-25-26-27-29-31-33-35-37-39-45(54)52-42(40-41-44-47(56)48(57)49(58)50(61-44)51(59)60)46(55)43(53)38-36-34-32-30-28-16-14-12-10-8-6-4-2/h42-44,46-50,53,55-58H,3-41H2,1-2H3,(H,52,54)(H,59,60)/t42?,43?,44-,46?,47?,48?,49+,50?/m0/s1. The smallest absolute Gasteiger partial charge is 0.335 e. The lowest BCUT2D eigenvalue weighted by Gasteiger charge is -2.39. The maximum Gasteiger partial charge on any atom is 0.335 e. The van der Waals surface area contributed by atoms with Crippen LogP contribution < -0.4 is 5.32 Å². The highest BCUT2D eigenvalue weighted by Crippen LogP contribution is 2.26. The summed E-state index contributed by atoms with van der Waals surface area (Å²) in [5, 5.41) is 65.5. The van der Waals surface area contributed by atoms with Crippen molar-refractivity contribution in [3.63, 3.8) is 0 Å². The van der Waals surface area contributed by atoms with Crippen molar-refractivity contribution < 1.29 is 45.0 Å². The SMILES string of the molecule is CCCCCCCCCCCCCCCCCCCCCCCCCC(=O)NC(CC[C@@H]1OC(C(=O)O)[C@H](O)C(O)C1O)C(O)C(O)CCCCCCCCCCCCCC. The normalized spacial score (nSPS) is 20.7. The first-order valence-corrected chi connectivity index (χ1v) is 26.2. The molecule has 61 heavy (non-hydrogen) atoms. The minimum Gasteiger partial charge on any atom is -0.479 e. The molecule has 1 saturated heterocycles. The van der Waals surface area contributed by atoms with Crippen LogP contribution in [-0.4, -0.2) is 91.3 Å². The molecule has 1 amide bonds. The first-order valence-electron chi connectivity index (χ1n) is 26.2. The van der Waals surface area contributed by atoms with Gasteiger partial charge in [0.05, 0.1) is 24.4 Å². The second-order valence-electron chi connectivity index (χ2n) is 18.9. The Morgan fingerprint density at radius 2 is 0.820 bits per heavy atom. The number of amides is 1. The summed E-state index contributed by atoms with van der Waals surface area (Å²) >= 11 is 0. The van der Waals surface area contributed by atoms with E-state index in [9.17, 15) is 40.2 Å². The quantitative estimate of drug-likeness (QED) is 0.0294. The van der Waals surface area contributed by atoms with Gasteiger partial charge in [-0.25, -0.2) is 4.79 Å². The van der Waals surface area contributed by atoms with Gasteiger partial charge in [-0.2, -0.15) is 0 Å². The van der Waals surface area contributed by atoms with E-state index in [0.29, 0.717) is 12.8 Å². The molecular formula is C51H99NO9. The van der Waals surface area contributed by atoms with E-state index < -0.39 is 54.7 Å². The summed E-state index contributed by atoms with van der Waals surface area (Å²) in [6.45, 7) is 4.52. The third-order valence-electron chi connectivity index (χ3n) is 13.2. The molecule has 362 valence electrons. The molecule has 0 aromatic heterocycles. The van der Waals surface area contributed by atoms with Crippen molar-refractivity contribution in [1.82, 2.24) is 5.32 Å². The maximum absolute atomic E-state index is 13.1. The summed E-state index contributed by atoms with van der Waals surface area (Å²) in [6, 6.07) is -0.854. The molecule has 0 radical (unpaired) electrons. The molecular weight excluding hydrogens is 771 g/mol. The van der Waals surface area contributed by atoms with Crippen LogP contribution in [0.15, 0.2) is 0 Å². The average molecular weight is 870 g/mol. The number of carbonyl (C=O) groups excluding carboxylic acids is 1. The zero-order chi connectivity index (χ0) is 44.8. The fraction of sp³-hybridized carbons (Fsp3) is 0.961. The molecule has 10 nitrogen and oxygen atoms in total. The molecule has 8 atom stereocenters. The zero-order valence-corrected chi connectivity index (χ0v) is 39.6. The first-order chi connectivity index (χ1) is 29.6. The molecule has 1 rings (SSSR count). The molecule has 10 heteroatoms. The van der Waals surface area contributed by atoms with Crippen molar-refractivity contribution in [2.45, 2.75) is 313 Å². The number of nitrogens with one attached hydrogen (secondary N) is 1. The number of hydrogen-bond acceptors (Lipinski definition) is 8. The lowest BCUT2D eigenvalue weighted by atomic mass is 9.89. The number of aliphatic hydroxyl groups is 5. The molecule has 0 aromatic rings. The summed E-state index contributed by atoms with van der Waals surface area (Å²) in [4.78, 5) is 24.7. The molecule has 0 spiro atoms. The van der Waals surface area contributed by atoms with Gasteiger partial charge in [-0.05, 0) is 25.7 Å². The van der Waals surface area contributed by atoms with E-state index in [4.69, 9.17) is 4.74 Å². The van der Waals surface area contributed by atoms with Gasteiger partial charge in [-0.3, -0.25) is 4.79 Å². The molecule has 0 saturated carbocycles. The Hall–Kier alpha value is -1.30. The van der Waals surface area contributed by atoms with Gasteiger partial charge in [0, 0.05) is 6.42 Å². The number of carboxylic acid groups (broad SMARTS) is 1. The topological polar surface area (TPSA) is 177 Å².